The van der Waals surface area contributed by atoms with Gasteiger partial charge in [-0.3, -0.25) is 19.2 Å². The molecule has 3 aromatic carbocycles. The fourth-order valence-corrected chi connectivity index (χ4v) is 5.29. The van der Waals surface area contributed by atoms with Crippen LogP contribution in [0.2, 0.25) is 5.02 Å². The van der Waals surface area contributed by atoms with Crippen LogP contribution in [0.1, 0.15) is 78.9 Å². The molecule has 0 spiro atoms. The van der Waals surface area contributed by atoms with Crippen LogP contribution in [0.3, 0.4) is 0 Å². The Labute approximate surface area is 277 Å². The molecule has 0 fully saturated rings. The van der Waals surface area contributed by atoms with Gasteiger partial charge in [-0.05, 0) is 61.9 Å². The number of carbonyl (C=O) groups excluding carboxylic acids is 4. The molecule has 9 nitrogen and oxygen atoms in total. The zero-order chi connectivity index (χ0) is 33.6. The van der Waals surface area contributed by atoms with E-state index in [9.17, 15) is 19.2 Å². The van der Waals surface area contributed by atoms with Crippen molar-refractivity contribution < 1.29 is 19.2 Å². The monoisotopic (exact) mass is 647 g/mol. The summed E-state index contributed by atoms with van der Waals surface area (Å²) in [7, 11) is 0. The maximum atomic E-state index is 13.6. The van der Waals surface area contributed by atoms with E-state index in [2.05, 4.69) is 26.6 Å². The average Bonchev–Trinajstić information content (AvgIpc) is 3.05. The molecule has 0 bridgehead atoms. The summed E-state index contributed by atoms with van der Waals surface area (Å²) < 4.78 is 0. The van der Waals surface area contributed by atoms with Crippen LogP contribution >= 0.6 is 11.6 Å². The van der Waals surface area contributed by atoms with Crippen molar-refractivity contribution in [1.82, 2.24) is 26.6 Å². The van der Waals surface area contributed by atoms with Gasteiger partial charge in [0.25, 0.3) is 11.8 Å². The van der Waals surface area contributed by atoms with E-state index < -0.39 is 24.0 Å². The normalized spacial score (nSPS) is 13.6. The van der Waals surface area contributed by atoms with Crippen molar-refractivity contribution >= 4 is 35.2 Å². The predicted molar refractivity (Wildman–Crippen MR) is 183 cm³/mol. The van der Waals surface area contributed by atoms with Gasteiger partial charge in [-0.2, -0.15) is 0 Å². The molecule has 4 amide bonds. The fourth-order valence-electron chi connectivity index (χ4n) is 5.05. The Hall–Kier alpha value is -4.21. The summed E-state index contributed by atoms with van der Waals surface area (Å²) in [4.78, 5) is 52.3. The minimum absolute atomic E-state index is 0.0938. The molecule has 0 saturated carbocycles. The minimum Gasteiger partial charge on any atom is -0.355 e. The Morgan fingerprint density at radius 1 is 0.739 bits per heavy atom. The molecular weight excluding hydrogens is 602 g/mol. The highest BCUT2D eigenvalue weighted by molar-refractivity contribution is 6.31. The van der Waals surface area contributed by atoms with Crippen molar-refractivity contribution in [1.29, 1.82) is 0 Å². The second-order valence-corrected chi connectivity index (χ2v) is 12.1. The van der Waals surface area contributed by atoms with Crippen molar-refractivity contribution in [2.24, 2.45) is 5.92 Å². The van der Waals surface area contributed by atoms with E-state index in [-0.39, 0.29) is 52.4 Å². The van der Waals surface area contributed by atoms with Gasteiger partial charge in [0.2, 0.25) is 11.8 Å². The molecule has 0 aromatic heterocycles. The van der Waals surface area contributed by atoms with Gasteiger partial charge in [0, 0.05) is 35.3 Å². The van der Waals surface area contributed by atoms with Gasteiger partial charge in [-0.25, -0.2) is 0 Å². The molecule has 10 heteroatoms. The van der Waals surface area contributed by atoms with Crippen LogP contribution in [0.5, 0.6) is 0 Å². The first-order valence-electron chi connectivity index (χ1n) is 15.8. The van der Waals surface area contributed by atoms with Gasteiger partial charge in [0.15, 0.2) is 0 Å². The largest absolute Gasteiger partial charge is 0.355 e. The minimum atomic E-state index is -0.661. The van der Waals surface area contributed by atoms with Crippen LogP contribution in [0.4, 0.5) is 0 Å². The molecule has 0 heterocycles. The zero-order valence-corrected chi connectivity index (χ0v) is 28.0. The summed E-state index contributed by atoms with van der Waals surface area (Å²) in [6.45, 7) is 10.0. The molecular formula is C36H46ClN5O4. The Balaban J connectivity index is 1.73. The van der Waals surface area contributed by atoms with Crippen molar-refractivity contribution in [2.75, 3.05) is 13.1 Å². The Morgan fingerprint density at radius 2 is 1.33 bits per heavy atom. The summed E-state index contributed by atoms with van der Waals surface area (Å²) >= 11 is 6.39. The smallest absolute Gasteiger partial charge is 0.251 e. The molecule has 0 aliphatic heterocycles. The lowest BCUT2D eigenvalue weighted by Crippen LogP contribution is -2.55. The predicted octanol–water partition coefficient (Wildman–Crippen LogP) is 4.82. The molecule has 0 aliphatic carbocycles. The van der Waals surface area contributed by atoms with Gasteiger partial charge in [-0.1, -0.05) is 93.0 Å². The highest BCUT2D eigenvalue weighted by Gasteiger charge is 2.26. The van der Waals surface area contributed by atoms with Gasteiger partial charge >= 0.3 is 0 Å². The number of amides is 4. The SMILES string of the molecule is CCNC(=O)[C@@H](NC(=O)[C@H](C)NC[C@H](Cc1ccccc1)NC(=O)c1cc(Cl)cc(C(=O)N[C@H](CC)c2ccccc2)c1)C(C)C. The maximum Gasteiger partial charge on any atom is 0.251 e. The van der Waals surface area contributed by atoms with Crippen LogP contribution in [0, 0.1) is 5.92 Å². The van der Waals surface area contributed by atoms with Crippen molar-refractivity contribution in [2.45, 2.75) is 71.6 Å². The molecule has 246 valence electrons. The summed E-state index contributed by atoms with van der Waals surface area (Å²) in [6, 6.07) is 22.1. The lowest BCUT2D eigenvalue weighted by molar-refractivity contribution is -0.130. The highest BCUT2D eigenvalue weighted by Crippen LogP contribution is 2.20. The van der Waals surface area contributed by atoms with Crippen LogP contribution in [-0.2, 0) is 16.0 Å². The number of hydrogen-bond acceptors (Lipinski definition) is 5. The van der Waals surface area contributed by atoms with Crippen LogP contribution in [-0.4, -0.2) is 54.8 Å². The quantitative estimate of drug-likeness (QED) is 0.152. The Morgan fingerprint density at radius 3 is 1.89 bits per heavy atom. The average molecular weight is 648 g/mol. The van der Waals surface area contributed by atoms with E-state index in [0.29, 0.717) is 19.4 Å². The first kappa shape index (κ1) is 36.3. The number of rotatable bonds is 16. The number of halogens is 1. The molecule has 5 N–H and O–H groups in total. The summed E-state index contributed by atoms with van der Waals surface area (Å²) in [5, 5.41) is 15.2. The fraction of sp³-hybridized carbons (Fsp3) is 0.389. The molecule has 3 rings (SSSR count). The van der Waals surface area contributed by atoms with E-state index in [1.165, 1.54) is 12.1 Å². The summed E-state index contributed by atoms with van der Waals surface area (Å²) in [6.07, 6.45) is 1.18. The number of hydrogen-bond donors (Lipinski definition) is 5. The van der Waals surface area contributed by atoms with Crippen molar-refractivity contribution in [3.05, 3.63) is 106 Å². The lowest BCUT2D eigenvalue weighted by atomic mass is 10.0. The van der Waals surface area contributed by atoms with Crippen molar-refractivity contribution in [3.8, 4) is 0 Å². The highest BCUT2D eigenvalue weighted by atomic mass is 35.5. The third-order valence-corrected chi connectivity index (χ3v) is 7.88. The van der Waals surface area contributed by atoms with E-state index in [0.717, 1.165) is 11.1 Å². The lowest BCUT2D eigenvalue weighted by Gasteiger charge is -2.25. The van der Waals surface area contributed by atoms with E-state index in [1.54, 1.807) is 13.0 Å². The zero-order valence-electron chi connectivity index (χ0n) is 27.2. The van der Waals surface area contributed by atoms with Gasteiger partial charge in [0.1, 0.15) is 6.04 Å². The molecule has 3 aromatic rings. The Kier molecular flexibility index (Phi) is 14.2. The molecule has 0 radical (unpaired) electrons. The van der Waals surface area contributed by atoms with Crippen LogP contribution in [0.25, 0.3) is 0 Å². The van der Waals surface area contributed by atoms with Gasteiger partial charge < -0.3 is 26.6 Å². The van der Waals surface area contributed by atoms with E-state index >= 15 is 0 Å². The third-order valence-electron chi connectivity index (χ3n) is 7.66. The van der Waals surface area contributed by atoms with E-state index in [1.807, 2.05) is 88.4 Å². The number of nitrogens with one attached hydrogen (secondary N) is 5. The first-order valence-corrected chi connectivity index (χ1v) is 16.2. The number of likely N-dealkylation sites (N-methyl/N-ethyl adjacent to an activating group) is 1. The molecule has 4 atom stereocenters. The molecule has 0 unspecified atom stereocenters. The summed E-state index contributed by atoms with van der Waals surface area (Å²) in [5.41, 5.74) is 2.51. The number of benzene rings is 3. The van der Waals surface area contributed by atoms with Gasteiger partial charge in [-0.15, -0.1) is 0 Å². The topological polar surface area (TPSA) is 128 Å². The van der Waals surface area contributed by atoms with E-state index in [4.69, 9.17) is 11.6 Å². The Bertz CT molecular complexity index is 1450. The van der Waals surface area contributed by atoms with Gasteiger partial charge in [0.05, 0.1) is 12.1 Å². The van der Waals surface area contributed by atoms with Crippen LogP contribution in [0.15, 0.2) is 78.9 Å². The first-order chi connectivity index (χ1) is 22.0. The van der Waals surface area contributed by atoms with Crippen LogP contribution < -0.4 is 26.6 Å². The maximum absolute atomic E-state index is 13.6. The molecule has 0 aliphatic rings. The van der Waals surface area contributed by atoms with Crippen molar-refractivity contribution in [3.63, 3.8) is 0 Å². The second-order valence-electron chi connectivity index (χ2n) is 11.7. The summed E-state index contributed by atoms with van der Waals surface area (Å²) in [5.74, 6) is -1.37. The molecule has 0 saturated heterocycles. The molecule has 46 heavy (non-hydrogen) atoms. The second kappa shape index (κ2) is 18.1. The number of carbonyl (C=O) groups is 4. The third kappa shape index (κ3) is 11.0. The standard InChI is InChI=1S/C36H46ClN5O4/c1-6-31(26-16-12-9-13-17-26)41-35(45)28-19-27(20-29(37)21-28)34(44)40-30(18-25-14-10-8-11-15-25)22-39-24(5)33(43)42-32(23(3)4)36(46)38-7-2/h8-17,19-21,23-24,30-32,39H,6-7,18,22H2,1-5H3,(H,38,46)(H,40,44)(H,41,45)(H,42,43)/t24-,30-,31+,32-/m0/s1.